The van der Waals surface area contributed by atoms with Gasteiger partial charge in [-0.15, -0.1) is 0 Å². The molecule has 0 aromatic rings. The summed E-state index contributed by atoms with van der Waals surface area (Å²) in [6.07, 6.45) is 6.78. The van der Waals surface area contributed by atoms with Gasteiger partial charge in [0.25, 0.3) is 0 Å². The predicted molar refractivity (Wildman–Crippen MR) is 90.9 cm³/mol. The van der Waals surface area contributed by atoms with E-state index in [-0.39, 0.29) is 5.91 Å². The van der Waals surface area contributed by atoms with E-state index in [1.165, 1.54) is 32.1 Å². The normalized spacial score (nSPS) is 21.5. The number of carbonyl (C=O) groups is 1. The molecule has 0 atom stereocenters. The summed E-state index contributed by atoms with van der Waals surface area (Å²) < 4.78 is 0. The molecule has 2 rings (SSSR count). The molecular formula is C17H32N4O. The van der Waals surface area contributed by atoms with Gasteiger partial charge in [-0.1, -0.05) is 12.8 Å². The Morgan fingerprint density at radius 1 is 1.23 bits per heavy atom. The molecule has 5 nitrogen and oxygen atoms in total. The SMILES string of the molecule is CCNC(=O)C(C)(C)CNC(=NC)N1CCC2(CCCC2)C1. The van der Waals surface area contributed by atoms with Crippen molar-refractivity contribution in [2.24, 2.45) is 15.8 Å². The van der Waals surface area contributed by atoms with Gasteiger partial charge in [0.1, 0.15) is 0 Å². The van der Waals surface area contributed by atoms with Crippen LogP contribution in [0.2, 0.25) is 0 Å². The van der Waals surface area contributed by atoms with Crippen LogP contribution in [0, 0.1) is 10.8 Å². The van der Waals surface area contributed by atoms with Crippen molar-refractivity contribution in [1.82, 2.24) is 15.5 Å². The van der Waals surface area contributed by atoms with Gasteiger partial charge in [-0.25, -0.2) is 0 Å². The first-order valence-corrected chi connectivity index (χ1v) is 8.66. The summed E-state index contributed by atoms with van der Waals surface area (Å²) in [5.41, 5.74) is 0.101. The Bertz CT molecular complexity index is 424. The maximum atomic E-state index is 12.1. The molecule has 22 heavy (non-hydrogen) atoms. The van der Waals surface area contributed by atoms with E-state index in [0.717, 1.165) is 19.0 Å². The first kappa shape index (κ1) is 17.1. The molecule has 1 aliphatic heterocycles. The number of likely N-dealkylation sites (tertiary alicyclic amines) is 1. The van der Waals surface area contributed by atoms with Crippen molar-refractivity contribution >= 4 is 11.9 Å². The quantitative estimate of drug-likeness (QED) is 0.617. The highest BCUT2D eigenvalue weighted by Crippen LogP contribution is 2.45. The van der Waals surface area contributed by atoms with Crippen LogP contribution in [0.4, 0.5) is 0 Å². The lowest BCUT2D eigenvalue weighted by atomic mass is 9.86. The van der Waals surface area contributed by atoms with Gasteiger partial charge < -0.3 is 15.5 Å². The van der Waals surface area contributed by atoms with Crippen molar-refractivity contribution in [2.45, 2.75) is 52.9 Å². The molecule has 0 aromatic heterocycles. The highest BCUT2D eigenvalue weighted by Gasteiger charge is 2.41. The number of rotatable bonds is 4. The summed E-state index contributed by atoms with van der Waals surface area (Å²) in [5.74, 6) is 1.03. The van der Waals surface area contributed by atoms with Crippen molar-refractivity contribution in [3.05, 3.63) is 0 Å². The number of hydrogen-bond acceptors (Lipinski definition) is 2. The third-order valence-corrected chi connectivity index (χ3v) is 5.25. The van der Waals surface area contributed by atoms with E-state index in [1.54, 1.807) is 0 Å². The lowest BCUT2D eigenvalue weighted by Gasteiger charge is -2.29. The second-order valence-corrected chi connectivity index (χ2v) is 7.52. The summed E-state index contributed by atoms with van der Waals surface area (Å²) in [7, 11) is 1.83. The minimum absolute atomic E-state index is 0.0895. The minimum Gasteiger partial charge on any atom is -0.356 e. The van der Waals surface area contributed by atoms with Crippen LogP contribution in [0.5, 0.6) is 0 Å². The van der Waals surface area contributed by atoms with Crippen molar-refractivity contribution < 1.29 is 4.79 Å². The van der Waals surface area contributed by atoms with Crippen molar-refractivity contribution in [3.8, 4) is 0 Å². The molecule has 1 saturated carbocycles. The first-order valence-electron chi connectivity index (χ1n) is 8.66. The standard InChI is InChI=1S/C17H32N4O/c1-5-19-14(22)16(2,3)12-20-15(18-4)21-11-10-17(13-21)8-6-7-9-17/h5-13H2,1-4H3,(H,18,20)(H,19,22). The van der Waals surface area contributed by atoms with E-state index < -0.39 is 5.41 Å². The van der Waals surface area contributed by atoms with Gasteiger partial charge in [0.2, 0.25) is 5.91 Å². The lowest BCUT2D eigenvalue weighted by molar-refractivity contribution is -0.128. The Hall–Kier alpha value is -1.26. The number of carbonyl (C=O) groups excluding carboxylic acids is 1. The van der Waals surface area contributed by atoms with Crippen LogP contribution >= 0.6 is 0 Å². The zero-order valence-corrected chi connectivity index (χ0v) is 14.7. The minimum atomic E-state index is -0.434. The van der Waals surface area contributed by atoms with E-state index in [1.807, 2.05) is 27.8 Å². The molecule has 1 saturated heterocycles. The summed E-state index contributed by atoms with van der Waals surface area (Å²) in [4.78, 5) is 18.9. The van der Waals surface area contributed by atoms with Crippen LogP contribution < -0.4 is 10.6 Å². The van der Waals surface area contributed by atoms with E-state index >= 15 is 0 Å². The first-order chi connectivity index (χ1) is 10.4. The zero-order chi connectivity index (χ0) is 16.2. The molecule has 2 fully saturated rings. The van der Waals surface area contributed by atoms with Crippen LogP contribution in [-0.2, 0) is 4.79 Å². The molecule has 1 aliphatic carbocycles. The fourth-order valence-corrected chi connectivity index (χ4v) is 3.76. The monoisotopic (exact) mass is 308 g/mol. The second kappa shape index (κ2) is 6.88. The van der Waals surface area contributed by atoms with Crippen LogP contribution in [0.3, 0.4) is 0 Å². The molecule has 2 N–H and O–H groups in total. The highest BCUT2D eigenvalue weighted by molar-refractivity contribution is 5.84. The van der Waals surface area contributed by atoms with Crippen molar-refractivity contribution in [2.75, 3.05) is 33.2 Å². The van der Waals surface area contributed by atoms with Crippen LogP contribution in [-0.4, -0.2) is 50.0 Å². The molecule has 1 spiro atoms. The summed E-state index contributed by atoms with van der Waals surface area (Å²) in [6, 6.07) is 0. The summed E-state index contributed by atoms with van der Waals surface area (Å²) >= 11 is 0. The van der Waals surface area contributed by atoms with Crippen molar-refractivity contribution in [3.63, 3.8) is 0 Å². The van der Waals surface area contributed by atoms with E-state index in [2.05, 4.69) is 20.5 Å². The Morgan fingerprint density at radius 2 is 1.91 bits per heavy atom. The van der Waals surface area contributed by atoms with Crippen LogP contribution in [0.25, 0.3) is 0 Å². The van der Waals surface area contributed by atoms with Gasteiger partial charge in [0.05, 0.1) is 5.41 Å². The molecular weight excluding hydrogens is 276 g/mol. The fourth-order valence-electron chi connectivity index (χ4n) is 3.76. The zero-order valence-electron chi connectivity index (χ0n) is 14.7. The van der Waals surface area contributed by atoms with Gasteiger partial charge in [0.15, 0.2) is 5.96 Å². The number of aliphatic imine (C=N–C) groups is 1. The van der Waals surface area contributed by atoms with Gasteiger partial charge >= 0.3 is 0 Å². The van der Waals surface area contributed by atoms with Gasteiger partial charge in [0, 0.05) is 33.2 Å². The average molecular weight is 308 g/mol. The molecule has 0 radical (unpaired) electrons. The fraction of sp³-hybridized carbons (Fsp3) is 0.882. The highest BCUT2D eigenvalue weighted by atomic mass is 16.2. The largest absolute Gasteiger partial charge is 0.356 e. The molecule has 1 amide bonds. The molecule has 0 bridgehead atoms. The number of hydrogen-bond donors (Lipinski definition) is 2. The molecule has 126 valence electrons. The third-order valence-electron chi connectivity index (χ3n) is 5.25. The lowest BCUT2D eigenvalue weighted by Crippen LogP contribution is -2.48. The Kier molecular flexibility index (Phi) is 5.35. The summed E-state index contributed by atoms with van der Waals surface area (Å²) in [5, 5.41) is 6.32. The third kappa shape index (κ3) is 3.73. The van der Waals surface area contributed by atoms with Gasteiger partial charge in [-0.2, -0.15) is 0 Å². The topological polar surface area (TPSA) is 56.7 Å². The van der Waals surface area contributed by atoms with E-state index in [0.29, 0.717) is 18.5 Å². The Morgan fingerprint density at radius 3 is 2.50 bits per heavy atom. The van der Waals surface area contributed by atoms with Gasteiger partial charge in [-0.05, 0) is 45.4 Å². The second-order valence-electron chi connectivity index (χ2n) is 7.52. The number of nitrogens with zero attached hydrogens (tertiary/aromatic N) is 2. The summed E-state index contributed by atoms with van der Waals surface area (Å²) in [6.45, 7) is 9.38. The van der Waals surface area contributed by atoms with Crippen molar-refractivity contribution in [1.29, 1.82) is 0 Å². The number of nitrogens with one attached hydrogen (secondary N) is 2. The van der Waals surface area contributed by atoms with E-state index in [4.69, 9.17) is 0 Å². The number of guanidine groups is 1. The molecule has 2 aliphatic rings. The smallest absolute Gasteiger partial charge is 0.227 e. The van der Waals surface area contributed by atoms with E-state index in [9.17, 15) is 4.79 Å². The predicted octanol–water partition coefficient (Wildman–Crippen LogP) is 1.99. The Labute approximate surface area is 134 Å². The molecule has 0 aromatic carbocycles. The average Bonchev–Trinajstić information content (AvgIpc) is 3.11. The molecule has 1 heterocycles. The van der Waals surface area contributed by atoms with Crippen LogP contribution in [0.15, 0.2) is 4.99 Å². The molecule has 0 unspecified atom stereocenters. The molecule has 5 heteroatoms. The maximum Gasteiger partial charge on any atom is 0.227 e. The van der Waals surface area contributed by atoms with Gasteiger partial charge in [-0.3, -0.25) is 9.79 Å². The maximum absolute atomic E-state index is 12.1. The van der Waals surface area contributed by atoms with Crippen LogP contribution in [0.1, 0.15) is 52.9 Å². The Balaban J connectivity index is 1.89. The number of amides is 1.